The van der Waals surface area contributed by atoms with Gasteiger partial charge in [-0.05, 0) is 23.8 Å². The van der Waals surface area contributed by atoms with Crippen molar-refractivity contribution < 1.29 is 27.8 Å². The summed E-state index contributed by atoms with van der Waals surface area (Å²) in [6.45, 7) is 0.578. The Morgan fingerprint density at radius 3 is 2.29 bits per heavy atom. The van der Waals surface area contributed by atoms with Crippen LogP contribution in [0, 0.1) is 11.6 Å². The van der Waals surface area contributed by atoms with Gasteiger partial charge in [0.05, 0.1) is 26.1 Å². The zero-order valence-electron chi connectivity index (χ0n) is 20.2. The molecule has 0 atom stereocenters. The predicted molar refractivity (Wildman–Crippen MR) is 133 cm³/mol. The number of anilines is 1. The first kappa shape index (κ1) is 24.6. The molecule has 10 nitrogen and oxygen atoms in total. The molecule has 0 saturated carbocycles. The first-order valence-electron chi connectivity index (χ1n) is 11.2. The van der Waals surface area contributed by atoms with E-state index in [-0.39, 0.29) is 39.7 Å². The van der Waals surface area contributed by atoms with Crippen molar-refractivity contribution in [1.29, 1.82) is 0 Å². The van der Waals surface area contributed by atoms with Crippen molar-refractivity contribution in [3.05, 3.63) is 84.8 Å². The summed E-state index contributed by atoms with van der Waals surface area (Å²) >= 11 is 0. The number of halogens is 2. The van der Waals surface area contributed by atoms with Gasteiger partial charge in [-0.2, -0.15) is 0 Å². The van der Waals surface area contributed by atoms with E-state index in [0.29, 0.717) is 6.54 Å². The van der Waals surface area contributed by atoms with Crippen molar-refractivity contribution in [2.75, 3.05) is 19.5 Å². The second-order valence-corrected chi connectivity index (χ2v) is 7.95. The van der Waals surface area contributed by atoms with Crippen LogP contribution in [0.25, 0.3) is 22.2 Å². The highest BCUT2D eigenvalue weighted by atomic mass is 19.1. The molecular weight excluding hydrogens is 498 g/mol. The highest BCUT2D eigenvalue weighted by molar-refractivity contribution is 5.97. The third-order valence-corrected chi connectivity index (χ3v) is 5.61. The highest BCUT2D eigenvalue weighted by Gasteiger charge is 2.25. The van der Waals surface area contributed by atoms with Gasteiger partial charge in [-0.15, -0.1) is 0 Å². The second kappa shape index (κ2) is 10.5. The number of carbonyl (C=O) groups excluding carboxylic acids is 1. The molecule has 0 radical (unpaired) electrons. The summed E-state index contributed by atoms with van der Waals surface area (Å²) in [4.78, 5) is 29.3. The summed E-state index contributed by atoms with van der Waals surface area (Å²) in [6.07, 6.45) is 8.72. The van der Waals surface area contributed by atoms with Gasteiger partial charge in [-0.25, -0.2) is 28.5 Å². The first-order chi connectivity index (χ1) is 18.5. The first-order valence-corrected chi connectivity index (χ1v) is 11.2. The summed E-state index contributed by atoms with van der Waals surface area (Å²) in [5, 5.41) is 2.54. The number of hydrogen-bond donors (Lipinski definition) is 1. The van der Waals surface area contributed by atoms with E-state index in [4.69, 9.17) is 14.2 Å². The van der Waals surface area contributed by atoms with Gasteiger partial charge < -0.3 is 18.8 Å². The summed E-state index contributed by atoms with van der Waals surface area (Å²) in [5.74, 6) is -2.00. The molecule has 0 spiro atoms. The van der Waals surface area contributed by atoms with Crippen LogP contribution in [-0.2, 0) is 6.54 Å². The van der Waals surface area contributed by atoms with E-state index in [1.807, 2.05) is 16.8 Å². The lowest BCUT2D eigenvalue weighted by Crippen LogP contribution is -2.18. The van der Waals surface area contributed by atoms with Crippen molar-refractivity contribution in [2.24, 2.45) is 0 Å². The maximum atomic E-state index is 15.2. The number of pyridine rings is 1. The number of aromatic nitrogens is 5. The van der Waals surface area contributed by atoms with Crippen LogP contribution in [0.4, 0.5) is 19.4 Å². The lowest BCUT2D eigenvalue weighted by atomic mass is 10.0. The van der Waals surface area contributed by atoms with Crippen molar-refractivity contribution in [3.8, 4) is 28.4 Å². The third-order valence-electron chi connectivity index (χ3n) is 5.61. The van der Waals surface area contributed by atoms with Crippen LogP contribution >= 0.6 is 0 Å². The molecule has 12 heteroatoms. The molecule has 3 heterocycles. The minimum Gasteiger partial charge on any atom is -0.494 e. The van der Waals surface area contributed by atoms with E-state index < -0.39 is 23.3 Å². The van der Waals surface area contributed by atoms with Gasteiger partial charge in [0.15, 0.2) is 28.9 Å². The Bertz CT molecular complexity index is 1580. The molecule has 0 saturated heterocycles. The maximum absolute atomic E-state index is 15.2. The van der Waals surface area contributed by atoms with Crippen LogP contribution in [0.1, 0.15) is 5.56 Å². The van der Waals surface area contributed by atoms with Gasteiger partial charge in [0.25, 0.3) is 0 Å². The molecule has 0 unspecified atom stereocenters. The second-order valence-electron chi connectivity index (χ2n) is 7.95. The SMILES string of the molecule is COc1cc(OC)c(F)c(-c2ccc(OC(=O)Nc3ccc(Cn4ccnc4)cn3)c3nccnc23)c1F. The number of carbonyl (C=O) groups is 1. The fourth-order valence-electron chi connectivity index (χ4n) is 3.85. The smallest absolute Gasteiger partial charge is 0.418 e. The van der Waals surface area contributed by atoms with Crippen LogP contribution in [0.3, 0.4) is 0 Å². The number of imidazole rings is 1. The molecule has 192 valence electrons. The van der Waals surface area contributed by atoms with Crippen LogP contribution in [0.5, 0.6) is 17.2 Å². The topological polar surface area (TPSA) is 113 Å². The van der Waals surface area contributed by atoms with Gasteiger partial charge >= 0.3 is 6.09 Å². The van der Waals surface area contributed by atoms with Crippen molar-refractivity contribution in [3.63, 3.8) is 0 Å². The average molecular weight is 518 g/mol. The quantitative estimate of drug-likeness (QED) is 0.326. The number of benzene rings is 2. The zero-order chi connectivity index (χ0) is 26.6. The van der Waals surface area contributed by atoms with Crippen molar-refractivity contribution in [1.82, 2.24) is 24.5 Å². The Kier molecular flexibility index (Phi) is 6.76. The van der Waals surface area contributed by atoms with Crippen LogP contribution in [-0.4, -0.2) is 44.8 Å². The standard InChI is InChI=1S/C26H20F2N6O4/c1-36-18-11-19(37-2)23(28)21(22(18)27)16-4-5-17(25-24(16)30-7-8-31-25)38-26(35)33-20-6-3-15(12-32-20)13-34-10-9-29-14-34/h3-12,14H,13H2,1-2H3,(H,32,33,35). The van der Waals surface area contributed by atoms with Crippen molar-refractivity contribution >= 4 is 22.9 Å². The summed E-state index contributed by atoms with van der Waals surface area (Å²) < 4.78 is 47.8. The number of hydrogen-bond acceptors (Lipinski definition) is 8. The molecule has 0 bridgehead atoms. The molecule has 0 fully saturated rings. The maximum Gasteiger partial charge on any atom is 0.418 e. The fourth-order valence-corrected chi connectivity index (χ4v) is 3.85. The average Bonchev–Trinajstić information content (AvgIpc) is 3.44. The van der Waals surface area contributed by atoms with E-state index in [9.17, 15) is 4.79 Å². The number of nitrogens with one attached hydrogen (secondary N) is 1. The van der Waals surface area contributed by atoms with Crippen LogP contribution in [0.15, 0.2) is 67.6 Å². The fraction of sp³-hybridized carbons (Fsp3) is 0.115. The lowest BCUT2D eigenvalue weighted by Gasteiger charge is -2.15. The molecule has 0 aliphatic rings. The Labute approximate surface area is 214 Å². The van der Waals surface area contributed by atoms with Gasteiger partial charge in [-0.3, -0.25) is 10.3 Å². The number of methoxy groups -OCH3 is 2. The minimum absolute atomic E-state index is 0.0294. The molecule has 5 aromatic rings. The van der Waals surface area contributed by atoms with E-state index in [1.165, 1.54) is 38.7 Å². The Morgan fingerprint density at radius 1 is 0.921 bits per heavy atom. The number of ether oxygens (including phenoxy) is 3. The molecule has 2 aromatic carbocycles. The minimum atomic E-state index is -0.938. The number of fused-ring (bicyclic) bond motifs is 1. The lowest BCUT2D eigenvalue weighted by molar-refractivity contribution is 0.215. The summed E-state index contributed by atoms with van der Waals surface area (Å²) in [5.41, 5.74) is 0.788. The Morgan fingerprint density at radius 2 is 1.66 bits per heavy atom. The highest BCUT2D eigenvalue weighted by Crippen LogP contribution is 2.41. The van der Waals surface area contributed by atoms with Gasteiger partial charge in [-0.1, -0.05) is 6.07 Å². The van der Waals surface area contributed by atoms with Gasteiger partial charge in [0, 0.05) is 49.2 Å². The molecule has 1 amide bonds. The van der Waals surface area contributed by atoms with Crippen LogP contribution in [0.2, 0.25) is 0 Å². The molecule has 3 aromatic heterocycles. The monoisotopic (exact) mass is 518 g/mol. The Balaban J connectivity index is 1.42. The zero-order valence-corrected chi connectivity index (χ0v) is 20.2. The van der Waals surface area contributed by atoms with Crippen molar-refractivity contribution in [2.45, 2.75) is 6.54 Å². The van der Waals surface area contributed by atoms with Crippen LogP contribution < -0.4 is 19.5 Å². The number of nitrogens with zero attached hydrogens (tertiary/aromatic N) is 5. The van der Waals surface area contributed by atoms with E-state index in [0.717, 1.165) is 11.6 Å². The number of rotatable bonds is 7. The van der Waals surface area contributed by atoms with Gasteiger partial charge in [0.2, 0.25) is 0 Å². The predicted octanol–water partition coefficient (Wildman–Crippen LogP) is 4.84. The summed E-state index contributed by atoms with van der Waals surface area (Å²) in [7, 11) is 2.52. The Hall–Kier alpha value is -5.13. The van der Waals surface area contributed by atoms with Gasteiger partial charge in [0.1, 0.15) is 16.9 Å². The molecule has 0 aliphatic heterocycles. The summed E-state index contributed by atoms with van der Waals surface area (Å²) in [6, 6.07) is 7.31. The molecular formula is C26H20F2N6O4. The third kappa shape index (κ3) is 4.78. The van der Waals surface area contributed by atoms with E-state index in [1.54, 1.807) is 24.8 Å². The van der Waals surface area contributed by atoms with E-state index in [2.05, 4.69) is 25.3 Å². The molecule has 0 aliphatic carbocycles. The largest absolute Gasteiger partial charge is 0.494 e. The number of amides is 1. The normalized spacial score (nSPS) is 10.8. The van der Waals surface area contributed by atoms with E-state index >= 15 is 8.78 Å². The molecule has 1 N–H and O–H groups in total. The molecule has 5 rings (SSSR count). The molecule has 38 heavy (non-hydrogen) atoms.